The highest BCUT2D eigenvalue weighted by Crippen LogP contribution is 2.21. The van der Waals surface area contributed by atoms with Crippen LogP contribution in [0.25, 0.3) is 0 Å². The van der Waals surface area contributed by atoms with Gasteiger partial charge in [-0.25, -0.2) is 13.1 Å². The summed E-state index contributed by atoms with van der Waals surface area (Å²) in [5.41, 5.74) is 0.653. The lowest BCUT2D eigenvalue weighted by Gasteiger charge is -2.07. The lowest BCUT2D eigenvalue weighted by atomic mass is 10.3. The zero-order valence-electron chi connectivity index (χ0n) is 10.9. The Labute approximate surface area is 125 Å². The molecule has 1 aromatic rings. The van der Waals surface area contributed by atoms with E-state index >= 15 is 0 Å². The van der Waals surface area contributed by atoms with Crippen LogP contribution in [-0.2, 0) is 16.6 Å². The van der Waals surface area contributed by atoms with E-state index in [4.69, 9.17) is 5.11 Å². The zero-order chi connectivity index (χ0) is 15.9. The summed E-state index contributed by atoms with van der Waals surface area (Å²) in [6.45, 7) is -0.253. The molecule has 21 heavy (non-hydrogen) atoms. The molecule has 4 nitrogen and oxygen atoms in total. The fraction of sp³-hybridized carbons (Fsp3) is 0.500. The fourth-order valence-corrected chi connectivity index (χ4v) is 3.29. The Balaban J connectivity index is 2.44. The zero-order valence-corrected chi connectivity index (χ0v) is 12.5. The second kappa shape index (κ2) is 7.79. The molecule has 0 fully saturated rings. The van der Waals surface area contributed by atoms with Gasteiger partial charge in [-0.05, 0) is 12.5 Å². The monoisotopic (exact) mass is 341 g/mol. The summed E-state index contributed by atoms with van der Waals surface area (Å²) in [6.07, 6.45) is -5.92. The van der Waals surface area contributed by atoms with Crippen molar-refractivity contribution in [2.45, 2.75) is 25.6 Å². The molecule has 1 rings (SSSR count). The van der Waals surface area contributed by atoms with Crippen LogP contribution in [-0.4, -0.2) is 32.1 Å². The Bertz CT molecular complexity index is 612. The molecule has 9 heteroatoms. The van der Waals surface area contributed by atoms with Crippen molar-refractivity contribution in [1.82, 2.24) is 4.72 Å². The summed E-state index contributed by atoms with van der Waals surface area (Å²) in [6, 6.07) is 1.66. The number of thiophene rings is 1. The van der Waals surface area contributed by atoms with Crippen molar-refractivity contribution in [3.05, 3.63) is 21.9 Å². The highest BCUT2D eigenvalue weighted by Gasteiger charge is 2.27. The van der Waals surface area contributed by atoms with Crippen molar-refractivity contribution >= 4 is 21.4 Å². The summed E-state index contributed by atoms with van der Waals surface area (Å²) < 4.78 is 61.1. The number of hydrogen-bond donors (Lipinski definition) is 2. The number of rotatable bonds is 6. The molecular weight excluding hydrogens is 327 g/mol. The van der Waals surface area contributed by atoms with Gasteiger partial charge < -0.3 is 5.11 Å². The van der Waals surface area contributed by atoms with Gasteiger partial charge in [0.2, 0.25) is 10.0 Å². The van der Waals surface area contributed by atoms with Crippen LogP contribution in [0.1, 0.15) is 23.3 Å². The number of alkyl halides is 3. The minimum atomic E-state index is -4.34. The molecule has 0 aliphatic carbocycles. The molecule has 0 saturated heterocycles. The molecule has 0 atom stereocenters. The Kier molecular flexibility index (Phi) is 6.67. The highest BCUT2D eigenvalue weighted by molar-refractivity contribution is 7.89. The number of halogens is 3. The third-order valence-electron chi connectivity index (χ3n) is 2.31. The molecule has 0 unspecified atom stereocenters. The standard InChI is InChI=1S/C12H14F3NO3S2/c13-12(14,15)4-2-6-21(18,19)16-8-11-7-10(9-20-11)3-1-5-17/h7,9,16-17H,2,4-6,8H2. The third-order valence-corrected chi connectivity index (χ3v) is 4.65. The normalized spacial score (nSPS) is 12.0. The molecule has 0 saturated carbocycles. The molecular formula is C12H14F3NO3S2. The highest BCUT2D eigenvalue weighted by atomic mass is 32.2. The maximum absolute atomic E-state index is 11.9. The first-order chi connectivity index (χ1) is 9.72. The van der Waals surface area contributed by atoms with Crippen LogP contribution in [0, 0.1) is 11.8 Å². The predicted molar refractivity (Wildman–Crippen MR) is 74.2 cm³/mol. The molecule has 0 radical (unpaired) electrons. The van der Waals surface area contributed by atoms with Crippen molar-refractivity contribution in [2.24, 2.45) is 0 Å². The van der Waals surface area contributed by atoms with Gasteiger partial charge in [0.05, 0.1) is 5.75 Å². The van der Waals surface area contributed by atoms with Crippen molar-refractivity contribution in [2.75, 3.05) is 12.4 Å². The molecule has 118 valence electrons. The second-order valence-corrected chi connectivity index (χ2v) is 7.04. The molecule has 1 heterocycles. The van der Waals surface area contributed by atoms with Gasteiger partial charge in [0, 0.05) is 28.8 Å². The average Bonchev–Trinajstić information content (AvgIpc) is 2.80. The van der Waals surface area contributed by atoms with Crippen LogP contribution >= 0.6 is 11.3 Å². The van der Waals surface area contributed by atoms with Gasteiger partial charge in [-0.2, -0.15) is 13.2 Å². The average molecular weight is 341 g/mol. The van der Waals surface area contributed by atoms with Crippen molar-refractivity contribution < 1.29 is 26.7 Å². The van der Waals surface area contributed by atoms with Gasteiger partial charge in [0.15, 0.2) is 0 Å². The predicted octanol–water partition coefficient (Wildman–Crippen LogP) is 1.85. The van der Waals surface area contributed by atoms with E-state index in [1.165, 1.54) is 11.3 Å². The van der Waals surface area contributed by atoms with Crippen LogP contribution < -0.4 is 4.72 Å². The molecule has 0 spiro atoms. The summed E-state index contributed by atoms with van der Waals surface area (Å²) in [4.78, 5) is 0.691. The SMILES string of the molecule is O=S(=O)(CCCC(F)(F)F)NCc1cc(C#CCO)cs1. The van der Waals surface area contributed by atoms with Gasteiger partial charge >= 0.3 is 6.18 Å². The maximum Gasteiger partial charge on any atom is 0.389 e. The van der Waals surface area contributed by atoms with Crippen LogP contribution in [0.5, 0.6) is 0 Å². The van der Waals surface area contributed by atoms with Gasteiger partial charge in [0.25, 0.3) is 0 Å². The lowest BCUT2D eigenvalue weighted by molar-refractivity contribution is -0.134. The first-order valence-electron chi connectivity index (χ1n) is 5.93. The number of nitrogens with one attached hydrogen (secondary N) is 1. The molecule has 0 aliphatic rings. The van der Waals surface area contributed by atoms with Crippen LogP contribution in [0.3, 0.4) is 0 Å². The number of aliphatic hydroxyl groups is 1. The van der Waals surface area contributed by atoms with Gasteiger partial charge in [-0.15, -0.1) is 11.3 Å². The molecule has 1 aromatic heterocycles. The van der Waals surface area contributed by atoms with Gasteiger partial charge in [0.1, 0.15) is 6.61 Å². The Hall–Kier alpha value is -1.08. The van der Waals surface area contributed by atoms with E-state index < -0.39 is 34.8 Å². The van der Waals surface area contributed by atoms with E-state index in [9.17, 15) is 21.6 Å². The molecule has 2 N–H and O–H groups in total. The van der Waals surface area contributed by atoms with E-state index in [-0.39, 0.29) is 13.2 Å². The third kappa shape index (κ3) is 8.06. The first kappa shape index (κ1) is 18.0. The largest absolute Gasteiger partial charge is 0.389 e. The molecule has 0 bridgehead atoms. The van der Waals surface area contributed by atoms with Crippen molar-refractivity contribution in [1.29, 1.82) is 0 Å². The van der Waals surface area contributed by atoms with E-state index in [1.54, 1.807) is 11.4 Å². The lowest BCUT2D eigenvalue weighted by Crippen LogP contribution is -2.26. The smallest absolute Gasteiger partial charge is 0.384 e. The van der Waals surface area contributed by atoms with Crippen LogP contribution in [0.2, 0.25) is 0 Å². The van der Waals surface area contributed by atoms with Gasteiger partial charge in [-0.3, -0.25) is 0 Å². The Morgan fingerprint density at radius 1 is 1.38 bits per heavy atom. The summed E-state index contributed by atoms with van der Waals surface area (Å²) in [7, 11) is -3.73. The summed E-state index contributed by atoms with van der Waals surface area (Å²) >= 11 is 1.28. The Morgan fingerprint density at radius 2 is 2.10 bits per heavy atom. The fourth-order valence-electron chi connectivity index (χ4n) is 1.40. The van der Waals surface area contributed by atoms with E-state index in [1.807, 2.05) is 0 Å². The van der Waals surface area contributed by atoms with E-state index in [2.05, 4.69) is 16.6 Å². The number of sulfonamides is 1. The first-order valence-corrected chi connectivity index (χ1v) is 8.46. The second-order valence-electron chi connectivity index (χ2n) is 4.12. The maximum atomic E-state index is 11.9. The summed E-state index contributed by atoms with van der Waals surface area (Å²) in [5, 5.41) is 10.2. The summed E-state index contributed by atoms with van der Waals surface area (Å²) in [5.74, 6) is 4.57. The minimum Gasteiger partial charge on any atom is -0.384 e. The van der Waals surface area contributed by atoms with E-state index in [0.29, 0.717) is 10.4 Å². The quantitative estimate of drug-likeness (QED) is 0.776. The van der Waals surface area contributed by atoms with E-state index in [0.717, 1.165) is 0 Å². The van der Waals surface area contributed by atoms with Crippen LogP contribution in [0.15, 0.2) is 11.4 Å². The molecule has 0 amide bonds. The molecule has 0 aromatic carbocycles. The van der Waals surface area contributed by atoms with Crippen molar-refractivity contribution in [3.63, 3.8) is 0 Å². The number of aliphatic hydroxyl groups excluding tert-OH is 1. The van der Waals surface area contributed by atoms with Crippen molar-refractivity contribution in [3.8, 4) is 11.8 Å². The number of hydrogen-bond acceptors (Lipinski definition) is 4. The minimum absolute atomic E-state index is 0.0137. The topological polar surface area (TPSA) is 66.4 Å². The van der Waals surface area contributed by atoms with Crippen LogP contribution in [0.4, 0.5) is 13.2 Å². The molecule has 0 aliphatic heterocycles. The van der Waals surface area contributed by atoms with Gasteiger partial charge in [-0.1, -0.05) is 11.8 Å². The Morgan fingerprint density at radius 3 is 2.71 bits per heavy atom.